The van der Waals surface area contributed by atoms with Crippen molar-refractivity contribution in [2.45, 2.75) is 6.92 Å². The molecule has 14 heavy (non-hydrogen) atoms. The van der Waals surface area contributed by atoms with Crippen molar-refractivity contribution < 1.29 is 5.11 Å². The summed E-state index contributed by atoms with van der Waals surface area (Å²) in [4.78, 5) is 0. The largest absolute Gasteiger partial charge is 0.507 e. The second-order valence-corrected chi connectivity index (χ2v) is 5.16. The molecule has 1 heterocycles. The zero-order valence-electron chi connectivity index (χ0n) is 7.37. The van der Waals surface area contributed by atoms with Crippen molar-refractivity contribution in [3.05, 3.63) is 32.6 Å². The third-order valence-electron chi connectivity index (χ3n) is 2.06. The van der Waals surface area contributed by atoms with Crippen LogP contribution < -0.4 is 0 Å². The van der Waals surface area contributed by atoms with Crippen LogP contribution in [0.2, 0.25) is 5.02 Å². The molecule has 1 aromatic heterocycles. The van der Waals surface area contributed by atoms with Crippen molar-refractivity contribution in [1.82, 2.24) is 0 Å². The van der Waals surface area contributed by atoms with Gasteiger partial charge in [0.2, 0.25) is 0 Å². The summed E-state index contributed by atoms with van der Waals surface area (Å²) >= 11 is 12.4. The molecular formula is C10H7ClOS2. The number of hydrogen-bond acceptors (Lipinski definition) is 3. The smallest absolute Gasteiger partial charge is 0.129 e. The molecule has 1 aromatic carbocycles. The molecule has 0 fully saturated rings. The molecule has 1 nitrogen and oxygen atoms in total. The van der Waals surface area contributed by atoms with Crippen LogP contribution in [0.5, 0.6) is 5.75 Å². The van der Waals surface area contributed by atoms with Crippen LogP contribution in [-0.4, -0.2) is 5.11 Å². The zero-order chi connectivity index (χ0) is 10.3. The number of aromatic hydroxyl groups is 1. The van der Waals surface area contributed by atoms with Gasteiger partial charge in [0.1, 0.15) is 5.75 Å². The Balaban J connectivity index is 2.98. The van der Waals surface area contributed by atoms with E-state index in [0.29, 0.717) is 8.85 Å². The summed E-state index contributed by atoms with van der Waals surface area (Å²) < 4.78 is 1.63. The molecule has 1 N–H and O–H groups in total. The van der Waals surface area contributed by atoms with Crippen molar-refractivity contribution in [2.24, 2.45) is 0 Å². The van der Waals surface area contributed by atoms with Gasteiger partial charge in [0.05, 0.1) is 3.82 Å². The van der Waals surface area contributed by atoms with Crippen LogP contribution in [0.3, 0.4) is 0 Å². The first-order valence-electron chi connectivity index (χ1n) is 4.01. The topological polar surface area (TPSA) is 20.2 Å². The van der Waals surface area contributed by atoms with Crippen molar-refractivity contribution in [2.75, 3.05) is 0 Å². The van der Waals surface area contributed by atoms with Gasteiger partial charge in [0.15, 0.2) is 0 Å². The van der Waals surface area contributed by atoms with Gasteiger partial charge < -0.3 is 5.11 Å². The first-order chi connectivity index (χ1) is 6.59. The molecule has 72 valence electrons. The van der Waals surface area contributed by atoms with Crippen LogP contribution >= 0.6 is 35.2 Å². The highest BCUT2D eigenvalue weighted by atomic mass is 35.5. The Kier molecular flexibility index (Phi) is 2.47. The number of rotatable bonds is 0. The Morgan fingerprint density at radius 3 is 2.86 bits per heavy atom. The zero-order valence-corrected chi connectivity index (χ0v) is 9.76. The second-order valence-electron chi connectivity index (χ2n) is 3.00. The van der Waals surface area contributed by atoms with Crippen LogP contribution in [0.4, 0.5) is 0 Å². The van der Waals surface area contributed by atoms with Crippen LogP contribution in [0.25, 0.3) is 10.1 Å². The molecule has 2 aromatic rings. The molecular weight excluding hydrogens is 236 g/mol. The summed E-state index contributed by atoms with van der Waals surface area (Å²) in [7, 11) is 0. The minimum atomic E-state index is 0.264. The van der Waals surface area contributed by atoms with Gasteiger partial charge in [-0.2, -0.15) is 0 Å². The standard InChI is InChI=1S/C10H7ClOS2/c1-5-9(12)7-3-2-6(11)4-8(7)14-10(5)13/h2-4,12H,1H3. The third-order valence-corrected chi connectivity index (χ3v) is 3.90. The molecule has 0 radical (unpaired) electrons. The Hall–Kier alpha value is -0.640. The van der Waals surface area contributed by atoms with Gasteiger partial charge >= 0.3 is 0 Å². The normalized spacial score (nSPS) is 10.7. The first kappa shape index (κ1) is 9.90. The van der Waals surface area contributed by atoms with E-state index in [1.54, 1.807) is 6.07 Å². The number of benzene rings is 1. The quantitative estimate of drug-likeness (QED) is 0.695. The van der Waals surface area contributed by atoms with E-state index in [0.717, 1.165) is 15.6 Å². The number of hydrogen-bond donors (Lipinski definition) is 1. The molecule has 0 aliphatic heterocycles. The molecule has 0 spiro atoms. The Morgan fingerprint density at radius 2 is 2.14 bits per heavy atom. The molecule has 4 heteroatoms. The van der Waals surface area contributed by atoms with Gasteiger partial charge in [-0.3, -0.25) is 0 Å². The molecule has 0 saturated heterocycles. The van der Waals surface area contributed by atoms with E-state index < -0.39 is 0 Å². The maximum atomic E-state index is 9.83. The lowest BCUT2D eigenvalue weighted by Crippen LogP contribution is -1.78. The van der Waals surface area contributed by atoms with E-state index in [4.69, 9.17) is 23.8 Å². The molecule has 0 amide bonds. The van der Waals surface area contributed by atoms with Crippen LogP contribution in [0.15, 0.2) is 18.2 Å². The van der Waals surface area contributed by atoms with E-state index in [9.17, 15) is 5.11 Å². The molecule has 0 bridgehead atoms. The van der Waals surface area contributed by atoms with Gasteiger partial charge in [-0.15, -0.1) is 11.3 Å². The molecule has 0 aliphatic rings. The van der Waals surface area contributed by atoms with Crippen LogP contribution in [-0.2, 0) is 0 Å². The monoisotopic (exact) mass is 242 g/mol. The maximum absolute atomic E-state index is 9.83. The van der Waals surface area contributed by atoms with Crippen molar-refractivity contribution >= 4 is 45.2 Å². The maximum Gasteiger partial charge on any atom is 0.129 e. The van der Waals surface area contributed by atoms with E-state index >= 15 is 0 Å². The molecule has 0 unspecified atom stereocenters. The Morgan fingerprint density at radius 1 is 1.43 bits per heavy atom. The Bertz CT molecular complexity index is 560. The van der Waals surface area contributed by atoms with Crippen LogP contribution in [0.1, 0.15) is 5.56 Å². The highest BCUT2D eigenvalue weighted by Gasteiger charge is 2.05. The van der Waals surface area contributed by atoms with E-state index in [1.807, 2.05) is 19.1 Å². The summed E-state index contributed by atoms with van der Waals surface area (Å²) in [6, 6.07) is 5.39. The van der Waals surface area contributed by atoms with Crippen LogP contribution in [0, 0.1) is 10.7 Å². The summed E-state index contributed by atoms with van der Waals surface area (Å²) in [6.45, 7) is 1.82. The second kappa shape index (κ2) is 3.50. The fourth-order valence-electron chi connectivity index (χ4n) is 1.25. The highest BCUT2D eigenvalue weighted by Crippen LogP contribution is 2.34. The number of halogens is 1. The SMILES string of the molecule is Cc1c(O)c2ccc(Cl)cc2sc1=S. The van der Waals surface area contributed by atoms with Gasteiger partial charge in [-0.25, -0.2) is 0 Å². The first-order valence-corrected chi connectivity index (χ1v) is 5.62. The third kappa shape index (κ3) is 1.52. The summed E-state index contributed by atoms with van der Waals surface area (Å²) in [5.74, 6) is 0.264. The summed E-state index contributed by atoms with van der Waals surface area (Å²) in [5, 5.41) is 11.3. The molecule has 0 saturated carbocycles. The van der Waals surface area contributed by atoms with Crippen molar-refractivity contribution in [1.29, 1.82) is 0 Å². The summed E-state index contributed by atoms with van der Waals surface area (Å²) in [5.41, 5.74) is 0.764. The summed E-state index contributed by atoms with van der Waals surface area (Å²) in [6.07, 6.45) is 0. The fraction of sp³-hybridized carbons (Fsp3) is 0.100. The Labute approximate surface area is 95.6 Å². The lowest BCUT2D eigenvalue weighted by Gasteiger charge is -2.03. The predicted octanol–water partition coefficient (Wildman–Crippen LogP) is 4.30. The van der Waals surface area contributed by atoms with Gasteiger partial charge in [0, 0.05) is 20.7 Å². The number of fused-ring (bicyclic) bond motifs is 1. The average molecular weight is 243 g/mol. The molecule has 2 rings (SSSR count). The minimum absolute atomic E-state index is 0.264. The van der Waals surface area contributed by atoms with E-state index in [-0.39, 0.29) is 5.75 Å². The van der Waals surface area contributed by atoms with Crippen molar-refractivity contribution in [3.8, 4) is 5.75 Å². The molecule has 0 atom stereocenters. The van der Waals surface area contributed by atoms with Gasteiger partial charge in [0.25, 0.3) is 0 Å². The minimum Gasteiger partial charge on any atom is -0.507 e. The lowest BCUT2D eigenvalue weighted by molar-refractivity contribution is 0.478. The fourth-order valence-corrected chi connectivity index (χ4v) is 2.76. The lowest BCUT2D eigenvalue weighted by atomic mass is 10.2. The van der Waals surface area contributed by atoms with Gasteiger partial charge in [-0.05, 0) is 25.1 Å². The van der Waals surface area contributed by atoms with Crippen molar-refractivity contribution in [3.63, 3.8) is 0 Å². The highest BCUT2D eigenvalue weighted by molar-refractivity contribution is 7.73. The van der Waals surface area contributed by atoms with E-state index in [1.165, 1.54) is 11.3 Å². The van der Waals surface area contributed by atoms with E-state index in [2.05, 4.69) is 0 Å². The molecule has 0 aliphatic carbocycles. The predicted molar refractivity (Wildman–Crippen MR) is 64.1 cm³/mol. The average Bonchev–Trinajstić information content (AvgIpc) is 2.14. The van der Waals surface area contributed by atoms with Gasteiger partial charge in [-0.1, -0.05) is 23.8 Å².